The summed E-state index contributed by atoms with van der Waals surface area (Å²) in [7, 11) is 0. The average Bonchev–Trinajstić information content (AvgIpc) is 2.75. The van der Waals surface area contributed by atoms with Gasteiger partial charge in [0.1, 0.15) is 5.82 Å². The predicted molar refractivity (Wildman–Crippen MR) is 107 cm³/mol. The van der Waals surface area contributed by atoms with Gasteiger partial charge in [0.2, 0.25) is 6.29 Å². The third-order valence-corrected chi connectivity index (χ3v) is 4.71. The van der Waals surface area contributed by atoms with E-state index in [0.717, 1.165) is 12.0 Å². The molecule has 1 heterocycles. The van der Waals surface area contributed by atoms with E-state index in [1.165, 1.54) is 12.1 Å². The Labute approximate surface area is 170 Å². The van der Waals surface area contributed by atoms with Crippen LogP contribution < -0.4 is 5.32 Å². The van der Waals surface area contributed by atoms with Gasteiger partial charge >= 0.3 is 0 Å². The van der Waals surface area contributed by atoms with E-state index in [1.807, 2.05) is 36.4 Å². The van der Waals surface area contributed by atoms with Crippen molar-refractivity contribution >= 4 is 5.91 Å². The molecule has 0 radical (unpaired) electrons. The van der Waals surface area contributed by atoms with E-state index in [4.69, 9.17) is 14.6 Å². The number of hydrogen-bond acceptors (Lipinski definition) is 4. The molecule has 3 rings (SSSR count). The van der Waals surface area contributed by atoms with E-state index in [2.05, 4.69) is 5.32 Å². The first-order valence-electron chi connectivity index (χ1n) is 9.84. The van der Waals surface area contributed by atoms with Crippen LogP contribution in [-0.2, 0) is 20.8 Å². The predicted octanol–water partition coefficient (Wildman–Crippen LogP) is 3.65. The number of carbonyl (C=O) groups is 1. The Morgan fingerprint density at radius 1 is 1.17 bits per heavy atom. The lowest BCUT2D eigenvalue weighted by molar-refractivity contribution is -0.146. The number of ether oxygens (including phenoxy) is 2. The molecule has 0 unspecified atom stereocenters. The maximum absolute atomic E-state index is 13.3. The summed E-state index contributed by atoms with van der Waals surface area (Å²) in [5, 5.41) is 11.7. The maximum atomic E-state index is 13.3. The smallest absolute Gasteiger partial charge is 0.286 e. The van der Waals surface area contributed by atoms with Gasteiger partial charge < -0.3 is 19.9 Å². The van der Waals surface area contributed by atoms with Crippen LogP contribution in [0.15, 0.2) is 66.4 Å². The molecule has 1 aliphatic heterocycles. The van der Waals surface area contributed by atoms with Gasteiger partial charge in [-0.25, -0.2) is 4.39 Å². The largest absolute Gasteiger partial charge is 0.459 e. The lowest BCUT2D eigenvalue weighted by Gasteiger charge is -2.29. The zero-order valence-corrected chi connectivity index (χ0v) is 16.2. The molecule has 0 aromatic heterocycles. The highest BCUT2D eigenvalue weighted by molar-refractivity contribution is 5.91. The summed E-state index contributed by atoms with van der Waals surface area (Å²) in [5.74, 6) is -0.513. The Kier molecular flexibility index (Phi) is 7.78. The van der Waals surface area contributed by atoms with Crippen LogP contribution in [0.1, 0.15) is 36.3 Å². The highest BCUT2D eigenvalue weighted by atomic mass is 19.1. The van der Waals surface area contributed by atoms with Crippen molar-refractivity contribution in [3.05, 3.63) is 83.4 Å². The maximum Gasteiger partial charge on any atom is 0.286 e. The van der Waals surface area contributed by atoms with Crippen LogP contribution in [-0.4, -0.2) is 30.5 Å². The minimum absolute atomic E-state index is 0.0114. The van der Waals surface area contributed by atoms with E-state index < -0.39 is 6.29 Å². The standard InChI is InChI=1S/C23H26FNO4/c24-20-10-6-7-17(13-20)16-25-23(27)21-14-19(18-8-2-1-3-9-18)15-22(29-21)28-12-5-4-11-26/h1-3,6-10,13-14,19,22,26H,4-5,11-12,15-16H2,(H,25,27)/t19-,22+/m1/s1. The Balaban J connectivity index is 1.67. The number of unbranched alkanes of at least 4 members (excludes halogenated alkanes) is 1. The molecule has 2 N–H and O–H groups in total. The Hall–Kier alpha value is -2.70. The fraction of sp³-hybridized carbons (Fsp3) is 0.348. The van der Waals surface area contributed by atoms with E-state index in [-0.39, 0.29) is 36.6 Å². The number of aliphatic hydroxyl groups excluding tert-OH is 1. The second-order valence-electron chi connectivity index (χ2n) is 6.95. The van der Waals surface area contributed by atoms with Crippen molar-refractivity contribution < 1.29 is 23.8 Å². The average molecular weight is 399 g/mol. The van der Waals surface area contributed by atoms with E-state index in [1.54, 1.807) is 12.1 Å². The number of amides is 1. The van der Waals surface area contributed by atoms with Gasteiger partial charge in [-0.1, -0.05) is 42.5 Å². The Morgan fingerprint density at radius 2 is 2.00 bits per heavy atom. The van der Waals surface area contributed by atoms with Crippen LogP contribution in [0.25, 0.3) is 0 Å². The second kappa shape index (κ2) is 10.7. The lowest BCUT2D eigenvalue weighted by Crippen LogP contribution is -2.32. The van der Waals surface area contributed by atoms with Gasteiger partial charge in [0, 0.05) is 25.5 Å². The highest BCUT2D eigenvalue weighted by Gasteiger charge is 2.28. The zero-order valence-electron chi connectivity index (χ0n) is 16.2. The summed E-state index contributed by atoms with van der Waals surface area (Å²) in [5.41, 5.74) is 1.75. The van der Waals surface area contributed by atoms with Crippen LogP contribution in [0.2, 0.25) is 0 Å². The van der Waals surface area contributed by atoms with Crippen molar-refractivity contribution in [1.29, 1.82) is 0 Å². The first-order valence-corrected chi connectivity index (χ1v) is 9.84. The van der Waals surface area contributed by atoms with Crippen molar-refractivity contribution in [3.63, 3.8) is 0 Å². The van der Waals surface area contributed by atoms with Gasteiger partial charge in [-0.15, -0.1) is 0 Å². The highest BCUT2D eigenvalue weighted by Crippen LogP contribution is 2.31. The summed E-state index contributed by atoms with van der Waals surface area (Å²) in [6.07, 6.45) is 3.25. The van der Waals surface area contributed by atoms with Crippen LogP contribution in [0, 0.1) is 5.82 Å². The molecular weight excluding hydrogens is 373 g/mol. The Bertz CT molecular complexity index is 825. The van der Waals surface area contributed by atoms with Crippen LogP contribution in [0.5, 0.6) is 0 Å². The van der Waals surface area contributed by atoms with Crippen LogP contribution >= 0.6 is 0 Å². The molecular formula is C23H26FNO4. The number of rotatable bonds is 9. The number of allylic oxidation sites excluding steroid dienone is 1. The van der Waals surface area contributed by atoms with Gasteiger partial charge in [-0.2, -0.15) is 0 Å². The van der Waals surface area contributed by atoms with E-state index in [0.29, 0.717) is 25.0 Å². The fourth-order valence-electron chi connectivity index (χ4n) is 3.20. The minimum atomic E-state index is -0.543. The van der Waals surface area contributed by atoms with Crippen molar-refractivity contribution in [3.8, 4) is 0 Å². The summed E-state index contributed by atoms with van der Waals surface area (Å²) in [6.45, 7) is 0.773. The fourth-order valence-corrected chi connectivity index (χ4v) is 3.20. The van der Waals surface area contributed by atoms with Crippen LogP contribution in [0.4, 0.5) is 4.39 Å². The number of nitrogens with one attached hydrogen (secondary N) is 1. The van der Waals surface area contributed by atoms with Gasteiger partial charge in [0.15, 0.2) is 5.76 Å². The molecule has 0 aliphatic carbocycles. The normalized spacial score (nSPS) is 18.6. The molecule has 0 saturated heterocycles. The summed E-state index contributed by atoms with van der Waals surface area (Å²) in [4.78, 5) is 12.7. The topological polar surface area (TPSA) is 67.8 Å². The molecule has 2 aromatic rings. The zero-order chi connectivity index (χ0) is 20.5. The van der Waals surface area contributed by atoms with E-state index >= 15 is 0 Å². The molecule has 1 amide bonds. The van der Waals surface area contributed by atoms with Crippen molar-refractivity contribution in [2.24, 2.45) is 0 Å². The molecule has 1 aliphatic rings. The number of aliphatic hydroxyl groups is 1. The number of hydrogen-bond donors (Lipinski definition) is 2. The molecule has 0 fully saturated rings. The van der Waals surface area contributed by atoms with Crippen LogP contribution in [0.3, 0.4) is 0 Å². The quantitative estimate of drug-likeness (QED) is 0.632. The number of carbonyl (C=O) groups excluding carboxylic acids is 1. The van der Waals surface area contributed by atoms with E-state index in [9.17, 15) is 9.18 Å². The number of halogens is 1. The first-order chi connectivity index (χ1) is 14.2. The third-order valence-electron chi connectivity index (χ3n) is 4.71. The Morgan fingerprint density at radius 3 is 2.76 bits per heavy atom. The van der Waals surface area contributed by atoms with Gasteiger partial charge in [0.25, 0.3) is 5.91 Å². The van der Waals surface area contributed by atoms with Crippen molar-refractivity contribution in [2.75, 3.05) is 13.2 Å². The SMILES string of the molecule is O=C(NCc1cccc(F)c1)C1=C[C@@H](c2ccccc2)C[C@@H](OCCCCO)O1. The lowest BCUT2D eigenvalue weighted by atomic mass is 9.93. The van der Waals surface area contributed by atoms with Crippen molar-refractivity contribution in [1.82, 2.24) is 5.32 Å². The monoisotopic (exact) mass is 399 g/mol. The van der Waals surface area contributed by atoms with Gasteiger partial charge in [0.05, 0.1) is 6.61 Å². The molecule has 0 spiro atoms. The molecule has 2 atom stereocenters. The second-order valence-corrected chi connectivity index (χ2v) is 6.95. The summed E-state index contributed by atoms with van der Waals surface area (Å²) < 4.78 is 24.9. The molecule has 29 heavy (non-hydrogen) atoms. The molecule has 154 valence electrons. The summed E-state index contributed by atoms with van der Waals surface area (Å²) >= 11 is 0. The molecule has 0 bridgehead atoms. The molecule has 5 nitrogen and oxygen atoms in total. The summed E-state index contributed by atoms with van der Waals surface area (Å²) in [6, 6.07) is 16.0. The third kappa shape index (κ3) is 6.41. The molecule has 6 heteroatoms. The first kappa shape index (κ1) is 21.0. The molecule has 2 aromatic carbocycles. The molecule has 0 saturated carbocycles. The minimum Gasteiger partial charge on any atom is -0.459 e. The van der Waals surface area contributed by atoms with Gasteiger partial charge in [-0.05, 0) is 42.2 Å². The van der Waals surface area contributed by atoms with Gasteiger partial charge in [-0.3, -0.25) is 4.79 Å². The van der Waals surface area contributed by atoms with Crippen molar-refractivity contribution in [2.45, 2.75) is 38.0 Å². The number of benzene rings is 2.